The van der Waals surface area contributed by atoms with E-state index in [0.717, 1.165) is 0 Å². The van der Waals surface area contributed by atoms with Crippen molar-refractivity contribution < 1.29 is 4.79 Å². The van der Waals surface area contributed by atoms with Crippen LogP contribution in [0.2, 0.25) is 0 Å². The predicted molar refractivity (Wildman–Crippen MR) is 50.7 cm³/mol. The van der Waals surface area contributed by atoms with Gasteiger partial charge in [-0.25, -0.2) is 0 Å². The Balaban J connectivity index is 3.72. The van der Waals surface area contributed by atoms with Gasteiger partial charge in [-0.3, -0.25) is 4.79 Å². The highest BCUT2D eigenvalue weighted by atomic mass is 16.1. The van der Waals surface area contributed by atoms with Gasteiger partial charge in [0.2, 0.25) is 5.91 Å². The SMILES string of the molecule is CC(CNC(=O)CN)C(C)(C)C. The molecule has 0 aliphatic rings. The molecular weight excluding hydrogens is 152 g/mol. The van der Waals surface area contributed by atoms with Crippen LogP contribution in [0.25, 0.3) is 0 Å². The summed E-state index contributed by atoms with van der Waals surface area (Å²) >= 11 is 0. The third-order valence-corrected chi connectivity index (χ3v) is 2.27. The number of rotatable bonds is 3. The molecule has 0 aliphatic heterocycles. The topological polar surface area (TPSA) is 55.1 Å². The molecule has 12 heavy (non-hydrogen) atoms. The minimum Gasteiger partial charge on any atom is -0.355 e. The second-order valence-electron chi connectivity index (χ2n) is 4.28. The molecule has 1 atom stereocenters. The van der Waals surface area contributed by atoms with E-state index in [2.05, 4.69) is 33.0 Å². The highest BCUT2D eigenvalue weighted by Gasteiger charge is 2.19. The van der Waals surface area contributed by atoms with Gasteiger partial charge in [0.1, 0.15) is 0 Å². The lowest BCUT2D eigenvalue weighted by Crippen LogP contribution is -2.36. The van der Waals surface area contributed by atoms with Gasteiger partial charge in [0, 0.05) is 6.54 Å². The Hall–Kier alpha value is -0.570. The number of hydrogen-bond donors (Lipinski definition) is 2. The molecule has 0 spiro atoms. The maximum atomic E-state index is 10.8. The minimum absolute atomic E-state index is 0.0777. The molecule has 0 radical (unpaired) electrons. The number of nitrogens with two attached hydrogens (primary N) is 1. The summed E-state index contributed by atoms with van der Waals surface area (Å²) in [5.74, 6) is 0.388. The molecule has 0 aromatic carbocycles. The molecule has 0 bridgehead atoms. The van der Waals surface area contributed by atoms with Gasteiger partial charge in [-0.2, -0.15) is 0 Å². The number of carbonyl (C=O) groups excluding carboxylic acids is 1. The average Bonchev–Trinajstić information content (AvgIpc) is 1.97. The van der Waals surface area contributed by atoms with E-state index < -0.39 is 0 Å². The second kappa shape index (κ2) is 4.45. The van der Waals surface area contributed by atoms with Gasteiger partial charge >= 0.3 is 0 Å². The van der Waals surface area contributed by atoms with E-state index in [1.165, 1.54) is 0 Å². The fourth-order valence-electron chi connectivity index (χ4n) is 0.645. The van der Waals surface area contributed by atoms with E-state index in [4.69, 9.17) is 5.73 Å². The van der Waals surface area contributed by atoms with Crippen LogP contribution in [0.1, 0.15) is 27.7 Å². The third-order valence-electron chi connectivity index (χ3n) is 2.27. The summed E-state index contributed by atoms with van der Waals surface area (Å²) in [6.07, 6.45) is 0. The lowest BCUT2D eigenvalue weighted by Gasteiger charge is -2.27. The van der Waals surface area contributed by atoms with E-state index in [9.17, 15) is 4.79 Å². The molecule has 3 N–H and O–H groups in total. The van der Waals surface area contributed by atoms with Gasteiger partial charge in [0.25, 0.3) is 0 Å². The molecular formula is C9H20N2O. The van der Waals surface area contributed by atoms with Gasteiger partial charge in [0.05, 0.1) is 6.54 Å². The Bertz CT molecular complexity index is 149. The number of carbonyl (C=O) groups is 1. The van der Waals surface area contributed by atoms with Gasteiger partial charge in [-0.15, -0.1) is 0 Å². The first-order valence-corrected chi connectivity index (χ1v) is 4.34. The monoisotopic (exact) mass is 172 g/mol. The van der Waals surface area contributed by atoms with Crippen LogP contribution < -0.4 is 11.1 Å². The van der Waals surface area contributed by atoms with Crippen molar-refractivity contribution in [2.75, 3.05) is 13.1 Å². The lowest BCUT2D eigenvalue weighted by atomic mass is 9.82. The van der Waals surface area contributed by atoms with Gasteiger partial charge in [-0.05, 0) is 11.3 Å². The summed E-state index contributed by atoms with van der Waals surface area (Å²) in [6, 6.07) is 0. The van der Waals surface area contributed by atoms with E-state index >= 15 is 0 Å². The van der Waals surface area contributed by atoms with Crippen LogP contribution in [0, 0.1) is 11.3 Å². The van der Waals surface area contributed by atoms with Crippen molar-refractivity contribution in [2.45, 2.75) is 27.7 Å². The zero-order valence-electron chi connectivity index (χ0n) is 8.48. The Kier molecular flexibility index (Phi) is 4.24. The largest absolute Gasteiger partial charge is 0.355 e. The van der Waals surface area contributed by atoms with Gasteiger partial charge in [-0.1, -0.05) is 27.7 Å². The van der Waals surface area contributed by atoms with Crippen molar-refractivity contribution in [2.24, 2.45) is 17.1 Å². The maximum absolute atomic E-state index is 10.8. The molecule has 72 valence electrons. The predicted octanol–water partition coefficient (Wildman–Crippen LogP) is 0.743. The van der Waals surface area contributed by atoms with Crippen LogP contribution in [0.3, 0.4) is 0 Å². The zero-order valence-corrected chi connectivity index (χ0v) is 8.48. The Morgan fingerprint density at radius 2 is 2.00 bits per heavy atom. The van der Waals surface area contributed by atoms with Crippen molar-refractivity contribution in [1.82, 2.24) is 5.32 Å². The Morgan fingerprint density at radius 3 is 2.33 bits per heavy atom. The molecule has 1 unspecified atom stereocenters. The normalized spacial score (nSPS) is 14.1. The molecule has 0 saturated heterocycles. The van der Waals surface area contributed by atoms with Crippen LogP contribution in [0.5, 0.6) is 0 Å². The van der Waals surface area contributed by atoms with Crippen LogP contribution in [-0.4, -0.2) is 19.0 Å². The van der Waals surface area contributed by atoms with Crippen LogP contribution in [0.4, 0.5) is 0 Å². The van der Waals surface area contributed by atoms with E-state index in [-0.39, 0.29) is 17.9 Å². The standard InChI is InChI=1S/C9H20N2O/c1-7(9(2,3)4)6-11-8(12)5-10/h7H,5-6,10H2,1-4H3,(H,11,12). The molecule has 0 fully saturated rings. The molecule has 0 saturated carbocycles. The fraction of sp³-hybridized carbons (Fsp3) is 0.889. The highest BCUT2D eigenvalue weighted by Crippen LogP contribution is 2.24. The molecule has 0 aromatic heterocycles. The summed E-state index contributed by atoms with van der Waals surface area (Å²) in [4.78, 5) is 10.8. The third kappa shape index (κ3) is 4.34. The lowest BCUT2D eigenvalue weighted by molar-refractivity contribution is -0.120. The molecule has 3 heteroatoms. The highest BCUT2D eigenvalue weighted by molar-refractivity contribution is 5.77. The Morgan fingerprint density at radius 1 is 1.50 bits per heavy atom. The van der Waals surface area contributed by atoms with Crippen molar-refractivity contribution in [3.05, 3.63) is 0 Å². The molecule has 0 heterocycles. The second-order valence-corrected chi connectivity index (χ2v) is 4.28. The summed E-state index contributed by atoms with van der Waals surface area (Å²) in [7, 11) is 0. The number of hydrogen-bond acceptors (Lipinski definition) is 2. The van der Waals surface area contributed by atoms with Crippen LogP contribution in [0.15, 0.2) is 0 Å². The van der Waals surface area contributed by atoms with Gasteiger partial charge in [0.15, 0.2) is 0 Å². The van der Waals surface area contributed by atoms with Crippen molar-refractivity contribution >= 4 is 5.91 Å². The van der Waals surface area contributed by atoms with E-state index in [0.29, 0.717) is 12.5 Å². The fourth-order valence-corrected chi connectivity index (χ4v) is 0.645. The maximum Gasteiger partial charge on any atom is 0.233 e. The first-order valence-electron chi connectivity index (χ1n) is 4.34. The first-order chi connectivity index (χ1) is 5.38. The summed E-state index contributed by atoms with van der Waals surface area (Å²) in [5, 5.41) is 2.77. The van der Waals surface area contributed by atoms with Crippen molar-refractivity contribution in [3.8, 4) is 0 Å². The summed E-state index contributed by atoms with van der Waals surface area (Å²) in [5.41, 5.74) is 5.39. The average molecular weight is 172 g/mol. The minimum atomic E-state index is -0.0777. The molecule has 3 nitrogen and oxygen atoms in total. The smallest absolute Gasteiger partial charge is 0.233 e. The van der Waals surface area contributed by atoms with Gasteiger partial charge < -0.3 is 11.1 Å². The summed E-state index contributed by atoms with van der Waals surface area (Å²) in [6.45, 7) is 9.39. The summed E-state index contributed by atoms with van der Waals surface area (Å²) < 4.78 is 0. The molecule has 0 aliphatic carbocycles. The van der Waals surface area contributed by atoms with Crippen LogP contribution in [-0.2, 0) is 4.79 Å². The first kappa shape index (κ1) is 11.4. The molecule has 1 amide bonds. The van der Waals surface area contributed by atoms with Crippen LogP contribution >= 0.6 is 0 Å². The molecule has 0 aromatic rings. The van der Waals surface area contributed by atoms with E-state index in [1.807, 2.05) is 0 Å². The number of amides is 1. The van der Waals surface area contributed by atoms with E-state index in [1.54, 1.807) is 0 Å². The molecule has 0 rings (SSSR count). The number of nitrogens with one attached hydrogen (secondary N) is 1. The quantitative estimate of drug-likeness (QED) is 0.660. The zero-order chi connectivity index (χ0) is 9.78. The van der Waals surface area contributed by atoms with Crippen molar-refractivity contribution in [1.29, 1.82) is 0 Å². The van der Waals surface area contributed by atoms with Crippen molar-refractivity contribution in [3.63, 3.8) is 0 Å². The Labute approximate surface area is 74.7 Å².